The maximum absolute atomic E-state index is 12.1. The molecule has 0 bridgehead atoms. The maximum atomic E-state index is 12.1. The van der Waals surface area contributed by atoms with E-state index in [1.807, 2.05) is 12.1 Å². The zero-order chi connectivity index (χ0) is 18.2. The number of ether oxygens (including phenoxy) is 1. The summed E-state index contributed by atoms with van der Waals surface area (Å²) in [6, 6.07) is 14.0. The fraction of sp³-hybridized carbons (Fsp3) is 0.263. The first kappa shape index (κ1) is 18.3. The van der Waals surface area contributed by atoms with E-state index < -0.39 is 5.91 Å². The Labute approximate surface area is 147 Å². The Kier molecular flexibility index (Phi) is 6.39. The van der Waals surface area contributed by atoms with Crippen molar-refractivity contribution in [3.63, 3.8) is 0 Å². The third kappa shape index (κ3) is 6.18. The smallest absolute Gasteiger partial charge is 0.248 e. The van der Waals surface area contributed by atoms with Crippen molar-refractivity contribution in [1.82, 2.24) is 0 Å². The Balaban J connectivity index is 1.89. The van der Waals surface area contributed by atoms with Crippen LogP contribution in [0.3, 0.4) is 0 Å². The fourth-order valence-corrected chi connectivity index (χ4v) is 2.10. The molecule has 25 heavy (non-hydrogen) atoms. The van der Waals surface area contributed by atoms with Crippen molar-refractivity contribution in [1.29, 1.82) is 0 Å². The van der Waals surface area contributed by atoms with Gasteiger partial charge in [0, 0.05) is 23.0 Å². The third-order valence-electron chi connectivity index (χ3n) is 3.30. The third-order valence-corrected chi connectivity index (χ3v) is 3.30. The summed E-state index contributed by atoms with van der Waals surface area (Å²) in [5.74, 6) is 0.434. The molecule has 6 heteroatoms. The van der Waals surface area contributed by atoms with Crippen LogP contribution in [-0.2, 0) is 4.79 Å². The average Bonchev–Trinajstić information content (AvgIpc) is 2.59. The van der Waals surface area contributed by atoms with Gasteiger partial charge in [0.25, 0.3) is 0 Å². The van der Waals surface area contributed by atoms with Crippen LogP contribution in [0.4, 0.5) is 11.4 Å². The molecular formula is C19H23N3O3. The molecule has 2 rings (SSSR count). The first-order chi connectivity index (χ1) is 11.9. The van der Waals surface area contributed by atoms with Crippen LogP contribution in [0, 0.1) is 5.92 Å². The minimum absolute atomic E-state index is 0.0687. The van der Waals surface area contributed by atoms with E-state index in [2.05, 4.69) is 24.5 Å². The predicted molar refractivity (Wildman–Crippen MR) is 98.9 cm³/mol. The lowest BCUT2D eigenvalue weighted by molar-refractivity contribution is -0.114. The molecule has 0 aliphatic heterocycles. The van der Waals surface area contributed by atoms with Gasteiger partial charge in [0.2, 0.25) is 11.8 Å². The molecule has 2 aromatic rings. The van der Waals surface area contributed by atoms with Crippen LogP contribution >= 0.6 is 0 Å². The summed E-state index contributed by atoms with van der Waals surface area (Å²) in [5.41, 5.74) is 6.95. The molecule has 0 aromatic heterocycles. The molecule has 6 nitrogen and oxygen atoms in total. The number of rotatable bonds is 8. The Morgan fingerprint density at radius 3 is 2.52 bits per heavy atom. The number of carbonyl (C=O) groups is 2. The zero-order valence-electron chi connectivity index (χ0n) is 14.4. The lowest BCUT2D eigenvalue weighted by Crippen LogP contribution is -2.22. The maximum Gasteiger partial charge on any atom is 0.248 e. The van der Waals surface area contributed by atoms with Gasteiger partial charge in [-0.25, -0.2) is 0 Å². The highest BCUT2D eigenvalue weighted by Gasteiger charge is 2.06. The van der Waals surface area contributed by atoms with E-state index in [1.54, 1.807) is 36.4 Å². The molecule has 0 heterocycles. The monoisotopic (exact) mass is 341 g/mol. The summed E-state index contributed by atoms with van der Waals surface area (Å²) in [6.45, 7) is 4.84. The van der Waals surface area contributed by atoms with E-state index in [4.69, 9.17) is 10.5 Å². The normalized spacial score (nSPS) is 10.4. The van der Waals surface area contributed by atoms with Crippen molar-refractivity contribution in [3.8, 4) is 5.75 Å². The van der Waals surface area contributed by atoms with Crippen LogP contribution in [0.25, 0.3) is 0 Å². The highest BCUT2D eigenvalue weighted by molar-refractivity contribution is 5.95. The lowest BCUT2D eigenvalue weighted by Gasteiger charge is -2.11. The van der Waals surface area contributed by atoms with Crippen LogP contribution in [0.5, 0.6) is 5.75 Å². The van der Waals surface area contributed by atoms with E-state index in [1.165, 1.54) is 0 Å². The number of hydrogen-bond donors (Lipinski definition) is 3. The van der Waals surface area contributed by atoms with E-state index in [0.717, 1.165) is 0 Å². The minimum Gasteiger partial charge on any atom is -0.493 e. The van der Waals surface area contributed by atoms with E-state index in [-0.39, 0.29) is 12.5 Å². The molecule has 0 fully saturated rings. The van der Waals surface area contributed by atoms with Crippen molar-refractivity contribution in [2.45, 2.75) is 13.8 Å². The first-order valence-corrected chi connectivity index (χ1v) is 8.10. The Morgan fingerprint density at radius 2 is 1.80 bits per heavy atom. The highest BCUT2D eigenvalue weighted by Crippen LogP contribution is 2.18. The number of primary amides is 1. The van der Waals surface area contributed by atoms with Crippen molar-refractivity contribution >= 4 is 23.2 Å². The van der Waals surface area contributed by atoms with Crippen LogP contribution < -0.4 is 21.1 Å². The van der Waals surface area contributed by atoms with Gasteiger partial charge in [0.15, 0.2) is 0 Å². The number of anilines is 2. The molecule has 4 N–H and O–H groups in total. The second kappa shape index (κ2) is 8.73. The predicted octanol–water partition coefficient (Wildman–Crippen LogP) is 2.87. The van der Waals surface area contributed by atoms with E-state index in [9.17, 15) is 9.59 Å². The number of benzene rings is 2. The number of nitrogens with one attached hydrogen (secondary N) is 2. The summed E-state index contributed by atoms with van der Waals surface area (Å²) in [6.07, 6.45) is 0. The van der Waals surface area contributed by atoms with Crippen molar-refractivity contribution in [2.24, 2.45) is 11.7 Å². The van der Waals surface area contributed by atoms with Gasteiger partial charge in [-0.05, 0) is 36.2 Å². The Hall–Kier alpha value is -3.02. The van der Waals surface area contributed by atoms with Gasteiger partial charge in [0.05, 0.1) is 13.2 Å². The first-order valence-electron chi connectivity index (χ1n) is 8.10. The molecular weight excluding hydrogens is 318 g/mol. The van der Waals surface area contributed by atoms with Crippen LogP contribution in [-0.4, -0.2) is 25.0 Å². The summed E-state index contributed by atoms with van der Waals surface area (Å²) < 4.78 is 5.64. The molecule has 0 radical (unpaired) electrons. The molecule has 2 amide bonds. The van der Waals surface area contributed by atoms with Crippen LogP contribution in [0.15, 0.2) is 48.5 Å². The molecule has 0 spiro atoms. The number of amides is 2. The quantitative estimate of drug-likeness (QED) is 0.688. The van der Waals surface area contributed by atoms with Gasteiger partial charge < -0.3 is 21.1 Å². The molecule has 2 aromatic carbocycles. The Bertz CT molecular complexity index is 744. The van der Waals surface area contributed by atoms with Crippen molar-refractivity contribution in [3.05, 3.63) is 54.1 Å². The lowest BCUT2D eigenvalue weighted by atomic mass is 10.2. The highest BCUT2D eigenvalue weighted by atomic mass is 16.5. The zero-order valence-corrected chi connectivity index (χ0v) is 14.4. The second-order valence-electron chi connectivity index (χ2n) is 6.08. The average molecular weight is 341 g/mol. The molecule has 0 aliphatic rings. The summed E-state index contributed by atoms with van der Waals surface area (Å²) in [4.78, 5) is 23.2. The number of carbonyl (C=O) groups excluding carboxylic acids is 2. The fourth-order valence-electron chi connectivity index (χ4n) is 2.10. The number of nitrogens with two attached hydrogens (primary N) is 1. The van der Waals surface area contributed by atoms with Gasteiger partial charge in [-0.2, -0.15) is 0 Å². The summed E-state index contributed by atoms with van der Waals surface area (Å²) >= 11 is 0. The van der Waals surface area contributed by atoms with Crippen molar-refractivity contribution in [2.75, 3.05) is 23.8 Å². The van der Waals surface area contributed by atoms with Crippen molar-refractivity contribution < 1.29 is 14.3 Å². The minimum atomic E-state index is -0.508. The van der Waals surface area contributed by atoms with Gasteiger partial charge in [-0.1, -0.05) is 26.0 Å². The molecule has 0 atom stereocenters. The molecule has 0 unspecified atom stereocenters. The molecule has 0 saturated heterocycles. The number of hydrogen-bond acceptors (Lipinski definition) is 4. The van der Waals surface area contributed by atoms with E-state index in [0.29, 0.717) is 35.2 Å². The van der Waals surface area contributed by atoms with Gasteiger partial charge in [-0.3, -0.25) is 9.59 Å². The second-order valence-corrected chi connectivity index (χ2v) is 6.08. The molecule has 132 valence electrons. The standard InChI is InChI=1S/C19H23N3O3/c1-13(2)12-25-17-8-4-7-16(10-17)22-18(23)11-21-15-6-3-5-14(9-15)19(20)24/h3-10,13,21H,11-12H2,1-2H3,(H2,20,24)(H,22,23). The SMILES string of the molecule is CC(C)COc1cccc(NC(=O)CNc2cccc(C(N)=O)c2)c1. The summed E-state index contributed by atoms with van der Waals surface area (Å²) in [7, 11) is 0. The van der Waals surface area contributed by atoms with Gasteiger partial charge in [0.1, 0.15) is 5.75 Å². The van der Waals surface area contributed by atoms with Crippen LogP contribution in [0.1, 0.15) is 24.2 Å². The largest absolute Gasteiger partial charge is 0.493 e. The molecule has 0 saturated carbocycles. The van der Waals surface area contributed by atoms with Gasteiger partial charge in [-0.15, -0.1) is 0 Å². The van der Waals surface area contributed by atoms with Gasteiger partial charge >= 0.3 is 0 Å². The molecule has 0 aliphatic carbocycles. The summed E-state index contributed by atoms with van der Waals surface area (Å²) in [5, 5.41) is 5.77. The Morgan fingerprint density at radius 1 is 1.08 bits per heavy atom. The topological polar surface area (TPSA) is 93.4 Å². The van der Waals surface area contributed by atoms with Crippen LogP contribution in [0.2, 0.25) is 0 Å². The van der Waals surface area contributed by atoms with E-state index >= 15 is 0 Å².